The molecule has 0 unspecified atom stereocenters. The van der Waals surface area contributed by atoms with Crippen LogP contribution in [-0.4, -0.2) is 35.1 Å². The van der Waals surface area contributed by atoms with Gasteiger partial charge in [-0.1, -0.05) is 57.8 Å². The first-order valence-electron chi connectivity index (χ1n) is 7.67. The van der Waals surface area contributed by atoms with Gasteiger partial charge in [-0.3, -0.25) is 0 Å². The number of unbranched alkanes of at least 4 members (excludes halogenated alkanes) is 9. The van der Waals surface area contributed by atoms with Crippen LogP contribution in [0.2, 0.25) is 0 Å². The number of rotatable bonds is 14. The molecule has 0 amide bonds. The molecule has 0 heterocycles. The summed E-state index contributed by atoms with van der Waals surface area (Å²) in [6.07, 6.45) is 13.2. The molecule has 0 saturated heterocycles. The molecule has 0 aliphatic carbocycles. The van der Waals surface area contributed by atoms with Gasteiger partial charge in [0.15, 0.2) is 0 Å². The van der Waals surface area contributed by atoms with Gasteiger partial charge in [0.05, 0.1) is 0 Å². The normalized spacial score (nSPS) is 11.3. The lowest BCUT2D eigenvalue weighted by molar-refractivity contribution is 0.141. The van der Waals surface area contributed by atoms with E-state index in [0.29, 0.717) is 6.61 Å². The minimum atomic E-state index is 0.0940. The Labute approximate surface area is 112 Å². The molecular weight excluding hydrogens is 228 g/mol. The first-order valence-corrected chi connectivity index (χ1v) is 7.67. The van der Waals surface area contributed by atoms with E-state index in [9.17, 15) is 0 Å². The summed E-state index contributed by atoms with van der Waals surface area (Å²) in [7, 11) is 0. The van der Waals surface area contributed by atoms with Gasteiger partial charge in [-0.15, -0.1) is 0 Å². The monoisotopic (exact) mass is 260 g/mol. The highest BCUT2D eigenvalue weighted by Gasteiger charge is 2.04. The number of hydrogen-bond acceptors (Lipinski definition) is 3. The maximum atomic E-state index is 8.91. The summed E-state index contributed by atoms with van der Waals surface area (Å²) in [5.74, 6) is 0.0940. The van der Waals surface area contributed by atoms with Gasteiger partial charge in [0, 0.05) is 25.7 Å². The molecule has 0 fully saturated rings. The minimum absolute atomic E-state index is 0.0940. The third-order valence-electron chi connectivity index (χ3n) is 3.54. The van der Waals surface area contributed by atoms with Crippen LogP contribution < -0.4 is 0 Å². The Morgan fingerprint density at radius 1 is 0.500 bits per heavy atom. The Hall–Kier alpha value is -0.120. The number of aliphatic hydroxyl groups excluding tert-OH is 3. The molecule has 3 heteroatoms. The second-order valence-corrected chi connectivity index (χ2v) is 5.28. The van der Waals surface area contributed by atoms with Crippen LogP contribution in [0.4, 0.5) is 0 Å². The number of aliphatic hydroxyl groups is 3. The summed E-state index contributed by atoms with van der Waals surface area (Å²) >= 11 is 0. The average Bonchev–Trinajstić information content (AvgIpc) is 2.40. The van der Waals surface area contributed by atoms with Gasteiger partial charge < -0.3 is 15.3 Å². The lowest BCUT2D eigenvalue weighted by Crippen LogP contribution is -2.10. The molecule has 0 aromatic heterocycles. The molecule has 0 spiro atoms. The van der Waals surface area contributed by atoms with Crippen LogP contribution in [0.1, 0.15) is 70.6 Å². The molecule has 0 atom stereocenters. The van der Waals surface area contributed by atoms with Crippen LogP contribution in [0.25, 0.3) is 0 Å². The molecule has 0 bridgehead atoms. The van der Waals surface area contributed by atoms with Crippen LogP contribution >= 0.6 is 0 Å². The van der Waals surface area contributed by atoms with Gasteiger partial charge in [0.2, 0.25) is 0 Å². The van der Waals surface area contributed by atoms with Gasteiger partial charge in [0.1, 0.15) is 0 Å². The first-order chi connectivity index (χ1) is 8.85. The van der Waals surface area contributed by atoms with Crippen molar-refractivity contribution in [3.05, 3.63) is 0 Å². The van der Waals surface area contributed by atoms with Crippen molar-refractivity contribution in [2.24, 2.45) is 5.92 Å². The van der Waals surface area contributed by atoms with Crippen molar-refractivity contribution in [1.29, 1.82) is 0 Å². The minimum Gasteiger partial charge on any atom is -0.396 e. The third-order valence-corrected chi connectivity index (χ3v) is 3.54. The molecule has 0 radical (unpaired) electrons. The predicted molar refractivity (Wildman–Crippen MR) is 75.5 cm³/mol. The highest BCUT2D eigenvalue weighted by Crippen LogP contribution is 2.13. The first kappa shape index (κ1) is 17.9. The van der Waals surface area contributed by atoms with Gasteiger partial charge >= 0.3 is 0 Å². The summed E-state index contributed by atoms with van der Waals surface area (Å²) in [5.41, 5.74) is 0. The van der Waals surface area contributed by atoms with E-state index in [2.05, 4.69) is 0 Å². The van der Waals surface area contributed by atoms with Crippen molar-refractivity contribution < 1.29 is 15.3 Å². The van der Waals surface area contributed by atoms with E-state index in [4.69, 9.17) is 15.3 Å². The highest BCUT2D eigenvalue weighted by molar-refractivity contribution is 4.56. The highest BCUT2D eigenvalue weighted by atomic mass is 16.3. The van der Waals surface area contributed by atoms with E-state index in [-0.39, 0.29) is 19.1 Å². The van der Waals surface area contributed by atoms with Gasteiger partial charge in [-0.05, 0) is 12.8 Å². The summed E-state index contributed by atoms with van der Waals surface area (Å²) < 4.78 is 0. The second kappa shape index (κ2) is 14.9. The Balaban J connectivity index is 3.03. The van der Waals surface area contributed by atoms with Crippen molar-refractivity contribution in [3.63, 3.8) is 0 Å². The van der Waals surface area contributed by atoms with Crippen molar-refractivity contribution in [2.75, 3.05) is 19.8 Å². The Morgan fingerprint density at radius 3 is 1.28 bits per heavy atom. The lowest BCUT2D eigenvalue weighted by atomic mass is 10.0. The maximum absolute atomic E-state index is 8.91. The molecule has 110 valence electrons. The molecule has 0 aliphatic rings. The van der Waals surface area contributed by atoms with E-state index in [0.717, 1.165) is 19.3 Å². The fraction of sp³-hybridized carbons (Fsp3) is 1.00. The van der Waals surface area contributed by atoms with Crippen molar-refractivity contribution in [3.8, 4) is 0 Å². The summed E-state index contributed by atoms with van der Waals surface area (Å²) in [6.45, 7) is 0.567. The molecule has 0 aromatic rings. The smallest absolute Gasteiger partial charge is 0.0481 e. The Bertz CT molecular complexity index is 147. The quantitative estimate of drug-likeness (QED) is 0.421. The topological polar surface area (TPSA) is 60.7 Å². The maximum Gasteiger partial charge on any atom is 0.0481 e. The van der Waals surface area contributed by atoms with E-state index in [1.54, 1.807) is 0 Å². The molecule has 18 heavy (non-hydrogen) atoms. The largest absolute Gasteiger partial charge is 0.396 e. The summed E-state index contributed by atoms with van der Waals surface area (Å²) in [6, 6.07) is 0. The van der Waals surface area contributed by atoms with Gasteiger partial charge in [-0.2, -0.15) is 0 Å². The van der Waals surface area contributed by atoms with Crippen molar-refractivity contribution in [2.45, 2.75) is 70.6 Å². The Kier molecular flexibility index (Phi) is 14.8. The zero-order valence-corrected chi connectivity index (χ0v) is 11.8. The summed E-state index contributed by atoms with van der Waals surface area (Å²) in [5, 5.41) is 26.5. The van der Waals surface area contributed by atoms with E-state index in [1.807, 2.05) is 0 Å². The molecule has 0 aliphatic heterocycles. The Morgan fingerprint density at radius 2 is 0.889 bits per heavy atom. The predicted octanol–water partition coefficient (Wildman–Crippen LogP) is 2.87. The van der Waals surface area contributed by atoms with Gasteiger partial charge in [0.25, 0.3) is 0 Å². The fourth-order valence-electron chi connectivity index (χ4n) is 2.20. The van der Waals surface area contributed by atoms with Crippen LogP contribution in [0.5, 0.6) is 0 Å². The van der Waals surface area contributed by atoms with Crippen LogP contribution in [0.15, 0.2) is 0 Å². The number of hydrogen-bond donors (Lipinski definition) is 3. The van der Waals surface area contributed by atoms with Crippen LogP contribution in [0.3, 0.4) is 0 Å². The molecular formula is C15H32O3. The molecule has 3 nitrogen and oxygen atoms in total. The zero-order valence-electron chi connectivity index (χ0n) is 11.8. The lowest BCUT2D eigenvalue weighted by Gasteiger charge is -2.09. The third kappa shape index (κ3) is 12.3. The molecule has 0 rings (SSSR count). The van der Waals surface area contributed by atoms with Gasteiger partial charge in [-0.25, -0.2) is 0 Å². The summed E-state index contributed by atoms with van der Waals surface area (Å²) in [4.78, 5) is 0. The van der Waals surface area contributed by atoms with Crippen molar-refractivity contribution in [1.82, 2.24) is 0 Å². The van der Waals surface area contributed by atoms with Crippen molar-refractivity contribution >= 4 is 0 Å². The van der Waals surface area contributed by atoms with Crippen LogP contribution in [-0.2, 0) is 0 Å². The zero-order chi connectivity index (χ0) is 13.5. The van der Waals surface area contributed by atoms with E-state index < -0.39 is 0 Å². The van der Waals surface area contributed by atoms with Crippen LogP contribution in [0, 0.1) is 5.92 Å². The molecule has 0 saturated carbocycles. The average molecular weight is 260 g/mol. The second-order valence-electron chi connectivity index (χ2n) is 5.28. The fourth-order valence-corrected chi connectivity index (χ4v) is 2.20. The van der Waals surface area contributed by atoms with E-state index in [1.165, 1.54) is 51.4 Å². The molecule has 0 aromatic carbocycles. The standard InChI is InChI=1S/C15H32O3/c16-12-10-8-6-4-2-1-3-5-7-9-11-15(13-17)14-18/h15-18H,1-14H2. The molecule has 3 N–H and O–H groups in total. The SMILES string of the molecule is OCCCCCCCCCCCCC(CO)CO. The van der Waals surface area contributed by atoms with E-state index >= 15 is 0 Å².